The van der Waals surface area contributed by atoms with Crippen LogP contribution in [0.4, 0.5) is 0 Å². The lowest BCUT2D eigenvalue weighted by Crippen LogP contribution is -2.31. The van der Waals surface area contributed by atoms with Gasteiger partial charge in [0.25, 0.3) is 5.91 Å². The second kappa shape index (κ2) is 6.87. The van der Waals surface area contributed by atoms with Crippen LogP contribution in [0.15, 0.2) is 45.6 Å². The lowest BCUT2D eigenvalue weighted by atomic mass is 10.2. The molecule has 4 heteroatoms. The molecule has 2 rings (SSSR count). The third-order valence-corrected chi connectivity index (χ3v) is 4.09. The van der Waals surface area contributed by atoms with E-state index in [0.29, 0.717) is 6.54 Å². The largest absolute Gasteiger partial charge is 0.334 e. The van der Waals surface area contributed by atoms with Crippen LogP contribution >= 0.6 is 27.3 Å². The van der Waals surface area contributed by atoms with Crippen LogP contribution in [0.5, 0.6) is 0 Å². The van der Waals surface area contributed by atoms with E-state index in [1.807, 2.05) is 34.5 Å². The summed E-state index contributed by atoms with van der Waals surface area (Å²) in [6, 6.07) is 9.61. The molecule has 100 valence electrons. The van der Waals surface area contributed by atoms with E-state index in [1.165, 1.54) is 5.56 Å². The number of thiophene rings is 1. The van der Waals surface area contributed by atoms with Crippen LogP contribution in [0.25, 0.3) is 0 Å². The molecule has 0 aliphatic heterocycles. The van der Waals surface area contributed by atoms with Gasteiger partial charge in [0.2, 0.25) is 0 Å². The second-order valence-electron chi connectivity index (χ2n) is 4.37. The standard InChI is InChI=1S/C15H16BrNOS/c1-2-8-17(10-12-7-9-19-11-12)15(18)13-3-5-14(16)6-4-13/h3-7,9,11H,2,8,10H2,1H3. The number of carbonyl (C=O) groups is 1. The van der Waals surface area contributed by atoms with Gasteiger partial charge in [0.05, 0.1) is 0 Å². The third-order valence-electron chi connectivity index (χ3n) is 2.83. The topological polar surface area (TPSA) is 20.3 Å². The van der Waals surface area contributed by atoms with Crippen molar-refractivity contribution >= 4 is 33.2 Å². The van der Waals surface area contributed by atoms with Gasteiger partial charge in [-0.2, -0.15) is 11.3 Å². The van der Waals surface area contributed by atoms with Crippen LogP contribution < -0.4 is 0 Å². The van der Waals surface area contributed by atoms with Crippen LogP contribution in [0, 0.1) is 0 Å². The predicted octanol–water partition coefficient (Wildman–Crippen LogP) is 4.56. The summed E-state index contributed by atoms with van der Waals surface area (Å²) in [5.74, 6) is 0.0977. The summed E-state index contributed by atoms with van der Waals surface area (Å²) in [6.45, 7) is 3.56. The van der Waals surface area contributed by atoms with Crippen LogP contribution in [-0.2, 0) is 6.54 Å². The smallest absolute Gasteiger partial charge is 0.254 e. The van der Waals surface area contributed by atoms with E-state index >= 15 is 0 Å². The van der Waals surface area contributed by atoms with Gasteiger partial charge >= 0.3 is 0 Å². The average molecular weight is 338 g/mol. The molecule has 0 bridgehead atoms. The molecule has 0 aliphatic carbocycles. The highest BCUT2D eigenvalue weighted by Gasteiger charge is 2.15. The van der Waals surface area contributed by atoms with Gasteiger partial charge in [0.1, 0.15) is 0 Å². The van der Waals surface area contributed by atoms with Crippen molar-refractivity contribution < 1.29 is 4.79 Å². The Morgan fingerprint density at radius 2 is 2.00 bits per heavy atom. The van der Waals surface area contributed by atoms with E-state index in [-0.39, 0.29) is 5.91 Å². The summed E-state index contributed by atoms with van der Waals surface area (Å²) in [7, 11) is 0. The van der Waals surface area contributed by atoms with Gasteiger partial charge in [-0.15, -0.1) is 0 Å². The summed E-state index contributed by atoms with van der Waals surface area (Å²) in [5, 5.41) is 4.14. The maximum atomic E-state index is 12.5. The molecule has 0 radical (unpaired) electrons. The van der Waals surface area contributed by atoms with Crippen LogP contribution in [-0.4, -0.2) is 17.4 Å². The Balaban J connectivity index is 2.13. The molecule has 2 aromatic rings. The molecular weight excluding hydrogens is 322 g/mol. The quantitative estimate of drug-likeness (QED) is 0.782. The van der Waals surface area contributed by atoms with Crippen molar-refractivity contribution in [2.45, 2.75) is 19.9 Å². The fourth-order valence-electron chi connectivity index (χ4n) is 1.90. The van der Waals surface area contributed by atoms with E-state index < -0.39 is 0 Å². The molecule has 0 N–H and O–H groups in total. The van der Waals surface area contributed by atoms with Gasteiger partial charge in [0, 0.05) is 23.1 Å². The number of carbonyl (C=O) groups excluding carboxylic acids is 1. The summed E-state index contributed by atoms with van der Waals surface area (Å²) >= 11 is 5.05. The van der Waals surface area contributed by atoms with Crippen molar-refractivity contribution in [1.82, 2.24) is 4.90 Å². The Kier molecular flexibility index (Phi) is 5.16. The van der Waals surface area contributed by atoms with E-state index in [1.54, 1.807) is 11.3 Å². The highest BCUT2D eigenvalue weighted by Crippen LogP contribution is 2.15. The fraction of sp³-hybridized carbons (Fsp3) is 0.267. The highest BCUT2D eigenvalue weighted by molar-refractivity contribution is 9.10. The van der Waals surface area contributed by atoms with Crippen LogP contribution in [0.3, 0.4) is 0 Å². The predicted molar refractivity (Wildman–Crippen MR) is 83.5 cm³/mol. The molecule has 0 saturated carbocycles. The molecule has 1 aromatic carbocycles. The van der Waals surface area contributed by atoms with Gasteiger partial charge in [-0.3, -0.25) is 4.79 Å². The van der Waals surface area contributed by atoms with Crippen LogP contribution in [0.1, 0.15) is 29.3 Å². The first-order chi connectivity index (χ1) is 9.20. The minimum absolute atomic E-state index is 0.0977. The van der Waals surface area contributed by atoms with Crippen molar-refractivity contribution in [3.05, 3.63) is 56.7 Å². The summed E-state index contributed by atoms with van der Waals surface area (Å²) in [6.07, 6.45) is 0.965. The molecule has 0 aliphatic rings. The molecule has 0 atom stereocenters. The molecule has 1 aromatic heterocycles. The number of rotatable bonds is 5. The van der Waals surface area contributed by atoms with Crippen molar-refractivity contribution in [2.75, 3.05) is 6.54 Å². The number of hydrogen-bond acceptors (Lipinski definition) is 2. The first kappa shape index (κ1) is 14.3. The average Bonchev–Trinajstić information content (AvgIpc) is 2.91. The highest BCUT2D eigenvalue weighted by atomic mass is 79.9. The maximum Gasteiger partial charge on any atom is 0.254 e. The molecule has 2 nitrogen and oxygen atoms in total. The first-order valence-corrected chi connectivity index (χ1v) is 8.00. The minimum Gasteiger partial charge on any atom is -0.334 e. The van der Waals surface area contributed by atoms with Gasteiger partial charge in [0.15, 0.2) is 0 Å². The van der Waals surface area contributed by atoms with Gasteiger partial charge in [-0.1, -0.05) is 22.9 Å². The summed E-state index contributed by atoms with van der Waals surface area (Å²) in [5.41, 5.74) is 1.94. The van der Waals surface area contributed by atoms with Crippen molar-refractivity contribution in [3.63, 3.8) is 0 Å². The van der Waals surface area contributed by atoms with Crippen LogP contribution in [0.2, 0.25) is 0 Å². The monoisotopic (exact) mass is 337 g/mol. The van der Waals surface area contributed by atoms with E-state index in [2.05, 4.69) is 34.3 Å². The SMILES string of the molecule is CCCN(Cc1ccsc1)C(=O)c1ccc(Br)cc1. The van der Waals surface area contributed by atoms with E-state index in [4.69, 9.17) is 0 Å². The molecule has 1 amide bonds. The number of benzene rings is 1. The molecule has 19 heavy (non-hydrogen) atoms. The van der Waals surface area contributed by atoms with Crippen molar-refractivity contribution in [1.29, 1.82) is 0 Å². The van der Waals surface area contributed by atoms with E-state index in [0.717, 1.165) is 23.0 Å². The van der Waals surface area contributed by atoms with E-state index in [9.17, 15) is 4.79 Å². The third kappa shape index (κ3) is 3.91. The fourth-order valence-corrected chi connectivity index (χ4v) is 2.82. The Hall–Kier alpha value is -1.13. The molecule has 0 fully saturated rings. The molecule has 1 heterocycles. The zero-order valence-electron chi connectivity index (χ0n) is 10.8. The Labute approximate surface area is 126 Å². The van der Waals surface area contributed by atoms with Gasteiger partial charge in [-0.05, 0) is 53.1 Å². The van der Waals surface area contributed by atoms with Crippen molar-refractivity contribution in [3.8, 4) is 0 Å². The second-order valence-corrected chi connectivity index (χ2v) is 6.06. The summed E-state index contributed by atoms with van der Waals surface area (Å²) in [4.78, 5) is 14.4. The zero-order valence-corrected chi connectivity index (χ0v) is 13.2. The zero-order chi connectivity index (χ0) is 13.7. The lowest BCUT2D eigenvalue weighted by Gasteiger charge is -2.21. The normalized spacial score (nSPS) is 10.4. The first-order valence-electron chi connectivity index (χ1n) is 6.26. The number of amides is 1. The minimum atomic E-state index is 0.0977. The number of nitrogens with zero attached hydrogens (tertiary/aromatic N) is 1. The lowest BCUT2D eigenvalue weighted by molar-refractivity contribution is 0.0743. The number of halogens is 1. The van der Waals surface area contributed by atoms with Gasteiger partial charge in [-0.25, -0.2) is 0 Å². The molecule has 0 unspecified atom stereocenters. The molecule has 0 saturated heterocycles. The Bertz CT molecular complexity index is 522. The van der Waals surface area contributed by atoms with Crippen molar-refractivity contribution in [2.24, 2.45) is 0 Å². The Morgan fingerprint density at radius 1 is 1.26 bits per heavy atom. The molecular formula is C15H16BrNOS. The Morgan fingerprint density at radius 3 is 2.58 bits per heavy atom. The molecule has 0 spiro atoms. The summed E-state index contributed by atoms with van der Waals surface area (Å²) < 4.78 is 0.990. The number of hydrogen-bond donors (Lipinski definition) is 0. The van der Waals surface area contributed by atoms with Gasteiger partial charge < -0.3 is 4.90 Å². The maximum absolute atomic E-state index is 12.5.